The van der Waals surface area contributed by atoms with Gasteiger partial charge in [0, 0.05) is 23.6 Å². The summed E-state index contributed by atoms with van der Waals surface area (Å²) in [6.45, 7) is 4.49. The normalized spacial score (nSPS) is 32.1. The molecule has 2 atom stereocenters. The zero-order valence-electron chi connectivity index (χ0n) is 8.45. The van der Waals surface area contributed by atoms with Gasteiger partial charge in [-0.15, -0.1) is 0 Å². The fourth-order valence-corrected chi connectivity index (χ4v) is 3.93. The second-order valence-electron chi connectivity index (χ2n) is 4.00. The van der Waals surface area contributed by atoms with Crippen molar-refractivity contribution in [3.8, 4) is 0 Å². The molecule has 14 heavy (non-hydrogen) atoms. The van der Waals surface area contributed by atoms with Crippen LogP contribution in [0.5, 0.6) is 0 Å². The lowest BCUT2D eigenvalue weighted by Crippen LogP contribution is -2.51. The zero-order valence-corrected chi connectivity index (χ0v) is 9.26. The molecular formula is C11H17NOS. The maximum Gasteiger partial charge on any atom is 0.246 e. The molecule has 0 spiro atoms. The van der Waals surface area contributed by atoms with Crippen LogP contribution >= 0.6 is 11.8 Å². The van der Waals surface area contributed by atoms with Crippen LogP contribution in [-0.2, 0) is 4.79 Å². The van der Waals surface area contributed by atoms with Gasteiger partial charge in [0.2, 0.25) is 5.91 Å². The van der Waals surface area contributed by atoms with E-state index in [1.807, 2.05) is 4.90 Å². The lowest BCUT2D eigenvalue weighted by Gasteiger charge is -2.43. The molecule has 1 heterocycles. The summed E-state index contributed by atoms with van der Waals surface area (Å²) in [4.78, 5) is 13.7. The predicted octanol–water partition coefficient (Wildman–Crippen LogP) is 2.06. The predicted molar refractivity (Wildman–Crippen MR) is 60.4 cm³/mol. The standard InChI is InChI=1S/C11H17NOS/c1-2-11(13)12-7-8-14-10-6-4-3-5-9(10)12/h2,9-10H,1,3-8H2. The van der Waals surface area contributed by atoms with Gasteiger partial charge in [0.15, 0.2) is 0 Å². The molecule has 1 aliphatic carbocycles. The summed E-state index contributed by atoms with van der Waals surface area (Å²) in [6, 6.07) is 0.494. The smallest absolute Gasteiger partial charge is 0.246 e. The molecule has 2 aliphatic rings. The van der Waals surface area contributed by atoms with Crippen LogP contribution in [0.2, 0.25) is 0 Å². The van der Waals surface area contributed by atoms with Gasteiger partial charge >= 0.3 is 0 Å². The summed E-state index contributed by atoms with van der Waals surface area (Å²) in [6.07, 6.45) is 6.56. The Balaban J connectivity index is 2.08. The molecule has 3 heteroatoms. The molecule has 0 aromatic rings. The van der Waals surface area contributed by atoms with Gasteiger partial charge < -0.3 is 4.90 Å². The molecule has 1 saturated carbocycles. The molecule has 0 bridgehead atoms. The minimum absolute atomic E-state index is 0.127. The van der Waals surface area contributed by atoms with Crippen molar-refractivity contribution in [3.63, 3.8) is 0 Å². The molecule has 2 unspecified atom stereocenters. The second kappa shape index (κ2) is 4.39. The van der Waals surface area contributed by atoms with Crippen molar-refractivity contribution < 1.29 is 4.79 Å². The minimum atomic E-state index is 0.127. The summed E-state index contributed by atoms with van der Waals surface area (Å²) in [5.74, 6) is 1.23. The number of amides is 1. The van der Waals surface area contributed by atoms with Crippen LogP contribution in [0, 0.1) is 0 Å². The fourth-order valence-electron chi connectivity index (χ4n) is 2.49. The third-order valence-electron chi connectivity index (χ3n) is 3.19. The Labute approximate surface area is 89.7 Å². The molecule has 0 aromatic heterocycles. The molecule has 2 rings (SSSR count). The van der Waals surface area contributed by atoms with E-state index in [0.29, 0.717) is 11.3 Å². The maximum atomic E-state index is 11.6. The number of carbonyl (C=O) groups excluding carboxylic acids is 1. The Morgan fingerprint density at radius 3 is 3.00 bits per heavy atom. The quantitative estimate of drug-likeness (QED) is 0.619. The third-order valence-corrected chi connectivity index (χ3v) is 4.59. The van der Waals surface area contributed by atoms with Gasteiger partial charge in [0.1, 0.15) is 0 Å². The first kappa shape index (κ1) is 10.1. The molecule has 0 aromatic carbocycles. The summed E-state index contributed by atoms with van der Waals surface area (Å²) in [5, 5.41) is 0.696. The first-order valence-electron chi connectivity index (χ1n) is 5.37. The van der Waals surface area contributed by atoms with Crippen molar-refractivity contribution in [3.05, 3.63) is 12.7 Å². The van der Waals surface area contributed by atoms with Gasteiger partial charge in [-0.05, 0) is 18.9 Å². The molecular weight excluding hydrogens is 194 g/mol. The topological polar surface area (TPSA) is 20.3 Å². The summed E-state index contributed by atoms with van der Waals surface area (Å²) in [7, 11) is 0. The lowest BCUT2D eigenvalue weighted by molar-refractivity contribution is -0.128. The highest BCUT2D eigenvalue weighted by Gasteiger charge is 2.35. The van der Waals surface area contributed by atoms with E-state index in [-0.39, 0.29) is 5.91 Å². The third kappa shape index (κ3) is 1.83. The van der Waals surface area contributed by atoms with E-state index in [9.17, 15) is 4.79 Å². The number of thioether (sulfide) groups is 1. The van der Waals surface area contributed by atoms with E-state index >= 15 is 0 Å². The molecule has 0 N–H and O–H groups in total. The molecule has 1 amide bonds. The van der Waals surface area contributed by atoms with Crippen molar-refractivity contribution >= 4 is 17.7 Å². The van der Waals surface area contributed by atoms with Gasteiger partial charge in [0.25, 0.3) is 0 Å². The van der Waals surface area contributed by atoms with E-state index in [2.05, 4.69) is 18.3 Å². The van der Waals surface area contributed by atoms with Crippen LogP contribution in [0.4, 0.5) is 0 Å². The minimum Gasteiger partial charge on any atom is -0.334 e. The fraction of sp³-hybridized carbons (Fsp3) is 0.727. The van der Waals surface area contributed by atoms with Crippen LogP contribution in [0.3, 0.4) is 0 Å². The average Bonchev–Trinajstić information content (AvgIpc) is 2.27. The lowest BCUT2D eigenvalue weighted by atomic mass is 9.93. The maximum absolute atomic E-state index is 11.6. The largest absolute Gasteiger partial charge is 0.334 e. The monoisotopic (exact) mass is 211 g/mol. The van der Waals surface area contributed by atoms with Crippen LogP contribution < -0.4 is 0 Å². The van der Waals surface area contributed by atoms with Gasteiger partial charge in [-0.3, -0.25) is 4.79 Å². The number of nitrogens with zero attached hydrogens (tertiary/aromatic N) is 1. The summed E-state index contributed by atoms with van der Waals surface area (Å²) < 4.78 is 0. The van der Waals surface area contributed by atoms with Crippen molar-refractivity contribution in [2.75, 3.05) is 12.3 Å². The Kier molecular flexibility index (Phi) is 3.16. The van der Waals surface area contributed by atoms with Gasteiger partial charge in [-0.1, -0.05) is 19.4 Å². The molecule has 1 aliphatic heterocycles. The SMILES string of the molecule is C=CC(=O)N1CCSC2CCCCC21. The Bertz CT molecular complexity index is 239. The van der Waals surface area contributed by atoms with E-state index < -0.39 is 0 Å². The highest BCUT2D eigenvalue weighted by atomic mass is 32.2. The van der Waals surface area contributed by atoms with Gasteiger partial charge in [0.05, 0.1) is 0 Å². The molecule has 0 radical (unpaired) electrons. The Hall–Kier alpha value is -0.440. The number of fused-ring (bicyclic) bond motifs is 1. The van der Waals surface area contributed by atoms with E-state index in [0.717, 1.165) is 12.3 Å². The highest BCUT2D eigenvalue weighted by Crippen LogP contribution is 2.35. The molecule has 1 saturated heterocycles. The number of hydrogen-bond donors (Lipinski definition) is 0. The van der Waals surface area contributed by atoms with Crippen LogP contribution in [0.15, 0.2) is 12.7 Å². The van der Waals surface area contributed by atoms with Crippen molar-refractivity contribution in [1.29, 1.82) is 0 Å². The van der Waals surface area contributed by atoms with E-state index in [4.69, 9.17) is 0 Å². The van der Waals surface area contributed by atoms with Crippen molar-refractivity contribution in [2.45, 2.75) is 37.0 Å². The second-order valence-corrected chi connectivity index (χ2v) is 5.34. The van der Waals surface area contributed by atoms with E-state index in [1.165, 1.54) is 31.8 Å². The number of hydrogen-bond acceptors (Lipinski definition) is 2. The molecule has 78 valence electrons. The van der Waals surface area contributed by atoms with Crippen LogP contribution in [-0.4, -0.2) is 34.4 Å². The zero-order chi connectivity index (χ0) is 9.97. The number of carbonyl (C=O) groups is 1. The first-order chi connectivity index (χ1) is 6.83. The van der Waals surface area contributed by atoms with Gasteiger partial charge in [-0.2, -0.15) is 11.8 Å². The van der Waals surface area contributed by atoms with Crippen LogP contribution in [0.25, 0.3) is 0 Å². The first-order valence-corrected chi connectivity index (χ1v) is 6.42. The van der Waals surface area contributed by atoms with Crippen molar-refractivity contribution in [2.24, 2.45) is 0 Å². The summed E-state index contributed by atoms with van der Waals surface area (Å²) in [5.41, 5.74) is 0. The molecule has 2 nitrogen and oxygen atoms in total. The summed E-state index contributed by atoms with van der Waals surface area (Å²) >= 11 is 2.05. The van der Waals surface area contributed by atoms with Crippen molar-refractivity contribution in [1.82, 2.24) is 4.90 Å². The van der Waals surface area contributed by atoms with Crippen LogP contribution in [0.1, 0.15) is 25.7 Å². The number of rotatable bonds is 1. The van der Waals surface area contributed by atoms with E-state index in [1.54, 1.807) is 0 Å². The highest BCUT2D eigenvalue weighted by molar-refractivity contribution is 8.00. The molecule has 2 fully saturated rings. The average molecular weight is 211 g/mol. The Morgan fingerprint density at radius 2 is 2.21 bits per heavy atom. The Morgan fingerprint density at radius 1 is 1.43 bits per heavy atom. The van der Waals surface area contributed by atoms with Gasteiger partial charge in [-0.25, -0.2) is 0 Å².